The molecule has 0 N–H and O–H groups in total. The Bertz CT molecular complexity index is 600. The van der Waals surface area contributed by atoms with E-state index in [2.05, 4.69) is 65.6 Å². The predicted molar refractivity (Wildman–Crippen MR) is 91.9 cm³/mol. The third-order valence-electron chi connectivity index (χ3n) is 4.65. The zero-order valence-corrected chi connectivity index (χ0v) is 14.0. The number of likely N-dealkylation sites (tertiary alicyclic amines) is 1. The molecule has 3 heteroatoms. The summed E-state index contributed by atoms with van der Waals surface area (Å²) in [5.74, 6) is 1.91. The van der Waals surface area contributed by atoms with Crippen LogP contribution in [0.3, 0.4) is 0 Å². The van der Waals surface area contributed by atoms with Crippen molar-refractivity contribution in [3.05, 3.63) is 42.2 Å². The van der Waals surface area contributed by atoms with Gasteiger partial charge in [-0.25, -0.2) is 4.98 Å². The monoisotopic (exact) mass is 297 g/mol. The Labute approximate surface area is 134 Å². The maximum absolute atomic E-state index is 4.67. The first-order chi connectivity index (χ1) is 10.6. The Morgan fingerprint density at radius 3 is 2.73 bits per heavy atom. The molecule has 3 nitrogen and oxygen atoms in total. The molecular weight excluding hydrogens is 270 g/mol. The highest BCUT2D eigenvalue weighted by molar-refractivity contribution is 5.56. The van der Waals surface area contributed by atoms with Crippen LogP contribution in [-0.4, -0.2) is 34.1 Å². The van der Waals surface area contributed by atoms with Gasteiger partial charge in [0.2, 0.25) is 0 Å². The molecule has 0 spiro atoms. The molecule has 1 fully saturated rings. The summed E-state index contributed by atoms with van der Waals surface area (Å²) in [5.41, 5.74) is 2.49. The summed E-state index contributed by atoms with van der Waals surface area (Å²) in [6.45, 7) is 10.4. The summed E-state index contributed by atoms with van der Waals surface area (Å²) >= 11 is 0. The molecule has 1 aromatic heterocycles. The van der Waals surface area contributed by atoms with E-state index in [1.54, 1.807) is 0 Å². The van der Waals surface area contributed by atoms with Crippen LogP contribution >= 0.6 is 0 Å². The molecule has 22 heavy (non-hydrogen) atoms. The quantitative estimate of drug-likeness (QED) is 0.826. The van der Waals surface area contributed by atoms with E-state index in [-0.39, 0.29) is 0 Å². The Kier molecular flexibility index (Phi) is 4.63. The van der Waals surface area contributed by atoms with E-state index in [4.69, 9.17) is 0 Å². The van der Waals surface area contributed by atoms with E-state index in [0.717, 1.165) is 18.3 Å². The van der Waals surface area contributed by atoms with E-state index < -0.39 is 0 Å². The molecule has 118 valence electrons. The Balaban J connectivity index is 1.77. The normalized spacial score (nSPS) is 19.2. The van der Waals surface area contributed by atoms with E-state index in [9.17, 15) is 0 Å². The molecule has 3 rings (SSSR count). The van der Waals surface area contributed by atoms with Gasteiger partial charge in [-0.2, -0.15) is 0 Å². The first kappa shape index (κ1) is 15.3. The number of aromatic nitrogens is 2. The maximum atomic E-state index is 4.67. The van der Waals surface area contributed by atoms with Gasteiger partial charge in [0, 0.05) is 36.6 Å². The van der Waals surface area contributed by atoms with Crippen molar-refractivity contribution in [3.8, 4) is 11.4 Å². The van der Waals surface area contributed by atoms with Crippen molar-refractivity contribution in [3.63, 3.8) is 0 Å². The summed E-state index contributed by atoms with van der Waals surface area (Å²) in [7, 11) is 0. The minimum Gasteiger partial charge on any atom is -0.324 e. The maximum Gasteiger partial charge on any atom is 0.140 e. The molecule has 1 saturated heterocycles. The lowest BCUT2D eigenvalue weighted by Crippen LogP contribution is -2.24. The second-order valence-corrected chi connectivity index (χ2v) is 6.88. The van der Waals surface area contributed by atoms with Gasteiger partial charge in [-0.05, 0) is 32.2 Å². The molecule has 1 aliphatic heterocycles. The second kappa shape index (κ2) is 6.66. The molecule has 1 aromatic carbocycles. The Hall–Kier alpha value is -1.61. The summed E-state index contributed by atoms with van der Waals surface area (Å²) in [6.07, 6.45) is 4.54. The molecule has 0 saturated carbocycles. The number of nitrogens with zero attached hydrogens (tertiary/aromatic N) is 3. The fourth-order valence-electron chi connectivity index (χ4n) is 3.37. The third kappa shape index (κ3) is 3.25. The zero-order valence-electron chi connectivity index (χ0n) is 14.0. The lowest BCUT2D eigenvalue weighted by molar-refractivity contribution is 0.301. The van der Waals surface area contributed by atoms with E-state index in [0.29, 0.717) is 6.04 Å². The molecular formula is C19H27N3. The number of hydrogen-bond donors (Lipinski definition) is 0. The lowest BCUT2D eigenvalue weighted by atomic mass is 10.1. The van der Waals surface area contributed by atoms with Crippen LogP contribution < -0.4 is 0 Å². The molecule has 0 bridgehead atoms. The van der Waals surface area contributed by atoms with Crippen molar-refractivity contribution in [1.29, 1.82) is 0 Å². The smallest absolute Gasteiger partial charge is 0.140 e. The lowest BCUT2D eigenvalue weighted by Gasteiger charge is -2.20. The topological polar surface area (TPSA) is 21.1 Å². The van der Waals surface area contributed by atoms with Gasteiger partial charge in [0.15, 0.2) is 0 Å². The van der Waals surface area contributed by atoms with Gasteiger partial charge >= 0.3 is 0 Å². The largest absolute Gasteiger partial charge is 0.324 e. The van der Waals surface area contributed by atoms with Gasteiger partial charge in [0.05, 0.1) is 0 Å². The average molecular weight is 297 g/mol. The molecule has 1 aliphatic rings. The van der Waals surface area contributed by atoms with Crippen LogP contribution in [0.1, 0.15) is 38.4 Å². The second-order valence-electron chi connectivity index (χ2n) is 6.88. The molecule has 0 amide bonds. The van der Waals surface area contributed by atoms with Crippen LogP contribution in [0, 0.1) is 12.8 Å². The fourth-order valence-corrected chi connectivity index (χ4v) is 3.37. The van der Waals surface area contributed by atoms with Crippen LogP contribution in [0.15, 0.2) is 36.5 Å². The summed E-state index contributed by atoms with van der Waals surface area (Å²) < 4.78 is 2.45. The SMILES string of the molecule is Cc1cnc(-c2ccccc2)n1C1CCN(CCC(C)C)C1. The molecule has 2 aromatic rings. The highest BCUT2D eigenvalue weighted by Crippen LogP contribution is 2.29. The Morgan fingerprint density at radius 1 is 1.23 bits per heavy atom. The van der Waals surface area contributed by atoms with Crippen LogP contribution in [0.5, 0.6) is 0 Å². The summed E-state index contributed by atoms with van der Waals surface area (Å²) in [6, 6.07) is 11.1. The minimum atomic E-state index is 0.560. The van der Waals surface area contributed by atoms with Gasteiger partial charge < -0.3 is 9.47 Å². The number of rotatable bonds is 5. The highest BCUT2D eigenvalue weighted by Gasteiger charge is 2.26. The van der Waals surface area contributed by atoms with Gasteiger partial charge in [-0.1, -0.05) is 44.2 Å². The van der Waals surface area contributed by atoms with Crippen molar-refractivity contribution >= 4 is 0 Å². The van der Waals surface area contributed by atoms with Crippen molar-refractivity contribution in [2.45, 2.75) is 39.7 Å². The van der Waals surface area contributed by atoms with Crippen LogP contribution in [0.4, 0.5) is 0 Å². The molecule has 1 atom stereocenters. The van der Waals surface area contributed by atoms with Crippen molar-refractivity contribution in [2.24, 2.45) is 5.92 Å². The van der Waals surface area contributed by atoms with Crippen LogP contribution in [0.25, 0.3) is 11.4 Å². The van der Waals surface area contributed by atoms with E-state index in [1.807, 2.05) is 6.20 Å². The van der Waals surface area contributed by atoms with Crippen molar-refractivity contribution in [1.82, 2.24) is 14.5 Å². The number of hydrogen-bond acceptors (Lipinski definition) is 2. The molecule has 2 heterocycles. The van der Waals surface area contributed by atoms with E-state index in [1.165, 1.54) is 37.2 Å². The number of imidazole rings is 1. The van der Waals surface area contributed by atoms with Crippen LogP contribution in [-0.2, 0) is 0 Å². The van der Waals surface area contributed by atoms with Gasteiger partial charge in [0.1, 0.15) is 5.82 Å². The molecule has 1 unspecified atom stereocenters. The fraction of sp³-hybridized carbons (Fsp3) is 0.526. The average Bonchev–Trinajstić information content (AvgIpc) is 3.12. The highest BCUT2D eigenvalue weighted by atomic mass is 15.2. The zero-order chi connectivity index (χ0) is 15.5. The molecule has 0 radical (unpaired) electrons. The van der Waals surface area contributed by atoms with Crippen molar-refractivity contribution < 1.29 is 0 Å². The first-order valence-corrected chi connectivity index (χ1v) is 8.46. The third-order valence-corrected chi connectivity index (χ3v) is 4.65. The number of aryl methyl sites for hydroxylation is 1. The Morgan fingerprint density at radius 2 is 2.00 bits per heavy atom. The van der Waals surface area contributed by atoms with Gasteiger partial charge in [-0.3, -0.25) is 0 Å². The van der Waals surface area contributed by atoms with Crippen LogP contribution in [0.2, 0.25) is 0 Å². The van der Waals surface area contributed by atoms with Crippen molar-refractivity contribution in [2.75, 3.05) is 19.6 Å². The van der Waals surface area contributed by atoms with Gasteiger partial charge in [0.25, 0.3) is 0 Å². The first-order valence-electron chi connectivity index (χ1n) is 8.46. The number of benzene rings is 1. The standard InChI is InChI=1S/C19H27N3/c1-15(2)9-11-21-12-10-18(14-21)22-16(3)13-20-19(22)17-7-5-4-6-8-17/h4-8,13,15,18H,9-12,14H2,1-3H3. The summed E-state index contributed by atoms with van der Waals surface area (Å²) in [5, 5.41) is 0. The predicted octanol–water partition coefficient (Wildman–Crippen LogP) is 4.15. The van der Waals surface area contributed by atoms with E-state index >= 15 is 0 Å². The van der Waals surface area contributed by atoms with Gasteiger partial charge in [-0.15, -0.1) is 0 Å². The minimum absolute atomic E-state index is 0.560. The summed E-state index contributed by atoms with van der Waals surface area (Å²) in [4.78, 5) is 7.28. The molecule has 0 aliphatic carbocycles.